The fourth-order valence-corrected chi connectivity index (χ4v) is 2.07. The minimum absolute atomic E-state index is 0.366. The van der Waals surface area contributed by atoms with Gasteiger partial charge < -0.3 is 0 Å². The molecule has 1 aliphatic carbocycles. The number of nitrogens with zero attached hydrogens (tertiary/aromatic N) is 1. The van der Waals surface area contributed by atoms with E-state index < -0.39 is 0 Å². The highest BCUT2D eigenvalue weighted by Gasteiger charge is 2.19. The van der Waals surface area contributed by atoms with E-state index in [0.29, 0.717) is 5.92 Å². The van der Waals surface area contributed by atoms with Gasteiger partial charge in [0.2, 0.25) is 6.20 Å². The van der Waals surface area contributed by atoms with Crippen LogP contribution in [0.3, 0.4) is 0 Å². The second kappa shape index (κ2) is 5.00. The zero-order chi connectivity index (χ0) is 9.68. The predicted octanol–water partition coefficient (Wildman–Crippen LogP) is 2.99. The molecule has 1 aliphatic rings. The van der Waals surface area contributed by atoms with Crippen LogP contribution in [0.4, 0.5) is 0 Å². The first-order valence-electron chi connectivity index (χ1n) is 5.04. The molecule has 2 atom stereocenters. The normalized spacial score (nSPS) is 29.3. The molecule has 0 bridgehead atoms. The van der Waals surface area contributed by atoms with Gasteiger partial charge in [-0.15, -0.1) is 0 Å². The maximum absolute atomic E-state index is 10.1. The number of rotatable bonds is 3. The Morgan fingerprint density at radius 2 is 2.31 bits per heavy atom. The van der Waals surface area contributed by atoms with Crippen molar-refractivity contribution in [2.45, 2.75) is 39.0 Å². The Hall–Kier alpha value is -0.860. The van der Waals surface area contributed by atoms with E-state index in [2.05, 4.69) is 6.92 Å². The van der Waals surface area contributed by atoms with Gasteiger partial charge in [-0.25, -0.2) is 0 Å². The standard InChI is InChI=1S/C10H17NO2/c1-2-9-4-3-5-10(8-9)6-7-11(12)13/h6-7,9-10H,2-5,8H2,1H3/b7-6+. The van der Waals surface area contributed by atoms with Crippen molar-refractivity contribution in [1.82, 2.24) is 0 Å². The van der Waals surface area contributed by atoms with Crippen molar-refractivity contribution < 1.29 is 4.92 Å². The molecule has 13 heavy (non-hydrogen) atoms. The monoisotopic (exact) mass is 183 g/mol. The Balaban J connectivity index is 2.38. The predicted molar refractivity (Wildman–Crippen MR) is 51.9 cm³/mol. The molecule has 0 radical (unpaired) electrons. The van der Waals surface area contributed by atoms with E-state index in [1.807, 2.05) is 0 Å². The minimum Gasteiger partial charge on any atom is -0.259 e. The van der Waals surface area contributed by atoms with Crippen molar-refractivity contribution in [2.24, 2.45) is 11.8 Å². The molecule has 0 spiro atoms. The quantitative estimate of drug-likeness (QED) is 0.498. The zero-order valence-corrected chi connectivity index (χ0v) is 8.11. The summed E-state index contributed by atoms with van der Waals surface area (Å²) in [4.78, 5) is 9.75. The Morgan fingerprint density at radius 1 is 1.54 bits per heavy atom. The Morgan fingerprint density at radius 3 is 2.92 bits per heavy atom. The van der Waals surface area contributed by atoms with Gasteiger partial charge in [-0.2, -0.15) is 0 Å². The van der Waals surface area contributed by atoms with Crippen molar-refractivity contribution >= 4 is 0 Å². The third kappa shape index (κ3) is 3.57. The smallest absolute Gasteiger partial charge is 0.230 e. The molecular formula is C10H17NO2. The molecule has 0 aromatic carbocycles. The molecule has 0 N–H and O–H groups in total. The van der Waals surface area contributed by atoms with Crippen LogP contribution >= 0.6 is 0 Å². The molecule has 1 saturated carbocycles. The molecule has 0 amide bonds. The largest absolute Gasteiger partial charge is 0.259 e. The van der Waals surface area contributed by atoms with E-state index in [9.17, 15) is 10.1 Å². The first kappa shape index (κ1) is 10.2. The fourth-order valence-electron chi connectivity index (χ4n) is 2.07. The fraction of sp³-hybridized carbons (Fsp3) is 0.800. The van der Waals surface area contributed by atoms with Crippen LogP contribution in [0.25, 0.3) is 0 Å². The molecule has 1 rings (SSSR count). The minimum atomic E-state index is -0.366. The van der Waals surface area contributed by atoms with Crippen LogP contribution in [0, 0.1) is 22.0 Å². The summed E-state index contributed by atoms with van der Waals surface area (Å²) in [7, 11) is 0. The summed E-state index contributed by atoms with van der Waals surface area (Å²) in [6, 6.07) is 0. The molecule has 74 valence electrons. The van der Waals surface area contributed by atoms with Gasteiger partial charge in [0.15, 0.2) is 0 Å². The van der Waals surface area contributed by atoms with E-state index in [4.69, 9.17) is 0 Å². The van der Waals surface area contributed by atoms with Crippen molar-refractivity contribution in [3.8, 4) is 0 Å². The van der Waals surface area contributed by atoms with Crippen LogP contribution in [0.2, 0.25) is 0 Å². The molecule has 2 unspecified atom stereocenters. The number of hydrogen-bond donors (Lipinski definition) is 0. The number of allylic oxidation sites excluding steroid dienone is 1. The van der Waals surface area contributed by atoms with Gasteiger partial charge in [-0.3, -0.25) is 10.1 Å². The average molecular weight is 183 g/mol. The molecule has 0 saturated heterocycles. The summed E-state index contributed by atoms with van der Waals surface area (Å²) in [5, 5.41) is 10.1. The lowest BCUT2D eigenvalue weighted by molar-refractivity contribution is -0.402. The van der Waals surface area contributed by atoms with E-state index in [1.54, 1.807) is 6.08 Å². The van der Waals surface area contributed by atoms with Crippen molar-refractivity contribution in [1.29, 1.82) is 0 Å². The third-order valence-electron chi connectivity index (χ3n) is 2.88. The van der Waals surface area contributed by atoms with Crippen LogP contribution in [0.1, 0.15) is 39.0 Å². The second-order valence-corrected chi connectivity index (χ2v) is 3.83. The third-order valence-corrected chi connectivity index (χ3v) is 2.88. The second-order valence-electron chi connectivity index (χ2n) is 3.83. The van der Waals surface area contributed by atoms with Gasteiger partial charge in [0.1, 0.15) is 0 Å². The highest BCUT2D eigenvalue weighted by Crippen LogP contribution is 2.31. The lowest BCUT2D eigenvalue weighted by Gasteiger charge is -2.25. The van der Waals surface area contributed by atoms with Crippen molar-refractivity contribution in [2.75, 3.05) is 0 Å². The molecular weight excluding hydrogens is 166 g/mol. The topological polar surface area (TPSA) is 43.1 Å². The lowest BCUT2D eigenvalue weighted by atomic mass is 9.80. The first-order chi connectivity index (χ1) is 6.22. The highest BCUT2D eigenvalue weighted by atomic mass is 16.6. The van der Waals surface area contributed by atoms with Gasteiger partial charge in [0.05, 0.1) is 4.92 Å². The van der Waals surface area contributed by atoms with E-state index >= 15 is 0 Å². The molecule has 0 aromatic rings. The summed E-state index contributed by atoms with van der Waals surface area (Å²) in [5.41, 5.74) is 0. The summed E-state index contributed by atoms with van der Waals surface area (Å²) < 4.78 is 0. The van der Waals surface area contributed by atoms with Gasteiger partial charge in [-0.1, -0.05) is 26.2 Å². The molecule has 0 aromatic heterocycles. The van der Waals surface area contributed by atoms with Crippen LogP contribution in [0.5, 0.6) is 0 Å². The van der Waals surface area contributed by atoms with E-state index in [0.717, 1.165) is 25.0 Å². The molecule has 1 fully saturated rings. The van der Waals surface area contributed by atoms with Crippen LogP contribution in [-0.4, -0.2) is 4.92 Å². The van der Waals surface area contributed by atoms with Crippen molar-refractivity contribution in [3.05, 3.63) is 22.4 Å². The van der Waals surface area contributed by atoms with Gasteiger partial charge in [0, 0.05) is 0 Å². The summed E-state index contributed by atoms with van der Waals surface area (Å²) >= 11 is 0. The summed E-state index contributed by atoms with van der Waals surface area (Å²) in [6.07, 6.45) is 8.87. The van der Waals surface area contributed by atoms with E-state index in [1.165, 1.54) is 19.3 Å². The summed E-state index contributed by atoms with van der Waals surface area (Å²) in [5.74, 6) is 1.24. The van der Waals surface area contributed by atoms with E-state index in [-0.39, 0.29) is 4.92 Å². The molecule has 3 heteroatoms. The highest BCUT2D eigenvalue weighted by molar-refractivity contribution is 4.86. The van der Waals surface area contributed by atoms with Gasteiger partial charge in [0.25, 0.3) is 0 Å². The van der Waals surface area contributed by atoms with Crippen LogP contribution in [0.15, 0.2) is 12.3 Å². The SMILES string of the molecule is CCC1CCCC(/C=C/[N+](=O)[O-])C1. The maximum atomic E-state index is 10.1. The average Bonchev–Trinajstić information content (AvgIpc) is 2.15. The molecule has 3 nitrogen and oxygen atoms in total. The maximum Gasteiger partial charge on any atom is 0.230 e. The Kier molecular flexibility index (Phi) is 3.93. The Labute approximate surface area is 79.0 Å². The van der Waals surface area contributed by atoms with Crippen molar-refractivity contribution in [3.63, 3.8) is 0 Å². The zero-order valence-electron chi connectivity index (χ0n) is 8.11. The summed E-state index contributed by atoms with van der Waals surface area (Å²) in [6.45, 7) is 2.20. The number of nitro groups is 1. The Bertz CT molecular complexity index is 201. The van der Waals surface area contributed by atoms with Crippen LogP contribution < -0.4 is 0 Å². The first-order valence-corrected chi connectivity index (χ1v) is 5.04. The molecule has 0 aliphatic heterocycles. The van der Waals surface area contributed by atoms with Crippen LogP contribution in [-0.2, 0) is 0 Å². The lowest BCUT2D eigenvalue weighted by Crippen LogP contribution is -2.13. The van der Waals surface area contributed by atoms with Gasteiger partial charge in [-0.05, 0) is 30.8 Å². The van der Waals surface area contributed by atoms with Gasteiger partial charge >= 0.3 is 0 Å². The molecule has 0 heterocycles. The number of hydrogen-bond acceptors (Lipinski definition) is 2.